The monoisotopic (exact) mass is 411 g/mol. The van der Waals surface area contributed by atoms with Gasteiger partial charge >= 0.3 is 5.97 Å². The molecule has 7 nitrogen and oxygen atoms in total. The van der Waals surface area contributed by atoms with Gasteiger partial charge in [-0.2, -0.15) is 0 Å². The molecule has 0 fully saturated rings. The number of carbonyl (C=O) groups excluding carboxylic acids is 2. The van der Waals surface area contributed by atoms with Crippen LogP contribution in [0.3, 0.4) is 0 Å². The van der Waals surface area contributed by atoms with Gasteiger partial charge < -0.3 is 15.0 Å². The van der Waals surface area contributed by atoms with Crippen molar-refractivity contribution in [3.63, 3.8) is 0 Å². The van der Waals surface area contributed by atoms with Crippen LogP contribution in [0.2, 0.25) is 0 Å². The molecule has 150 valence electrons. The standard InChI is InChI=1S/C21H21N3O4S/c1-12-7-8-14-15(9-12)29-21-18(14)20(27)23-16(24-21)11-28-17(25)10-22-19(26)13-5-3-2-4-6-13/h2-6,12H,7-11H2,1H3,(H,22,26)(H,23,24,27). The number of aromatic amines is 1. The molecule has 0 aliphatic heterocycles. The molecule has 4 rings (SSSR count). The number of nitrogens with one attached hydrogen (secondary N) is 2. The lowest BCUT2D eigenvalue weighted by molar-refractivity contribution is -0.143. The van der Waals surface area contributed by atoms with E-state index in [0.717, 1.165) is 24.8 Å². The smallest absolute Gasteiger partial charge is 0.325 e. The lowest BCUT2D eigenvalue weighted by atomic mass is 9.89. The largest absolute Gasteiger partial charge is 0.456 e. The Balaban J connectivity index is 1.39. The molecule has 0 spiro atoms. The molecule has 29 heavy (non-hydrogen) atoms. The third-order valence-corrected chi connectivity index (χ3v) is 6.16. The van der Waals surface area contributed by atoms with Gasteiger partial charge in [0, 0.05) is 10.4 Å². The molecule has 8 heteroatoms. The molecule has 1 aliphatic rings. The number of ether oxygens (including phenoxy) is 1. The molecule has 1 unspecified atom stereocenters. The van der Waals surface area contributed by atoms with Crippen LogP contribution in [0.1, 0.15) is 40.0 Å². The van der Waals surface area contributed by atoms with Crippen molar-refractivity contribution in [1.29, 1.82) is 0 Å². The summed E-state index contributed by atoms with van der Waals surface area (Å²) in [5, 5.41) is 3.18. The number of amides is 1. The van der Waals surface area contributed by atoms with E-state index in [1.807, 2.05) is 0 Å². The number of rotatable bonds is 5. The Morgan fingerprint density at radius 3 is 2.90 bits per heavy atom. The van der Waals surface area contributed by atoms with Gasteiger partial charge in [0.1, 0.15) is 23.8 Å². The highest BCUT2D eigenvalue weighted by Gasteiger charge is 2.23. The third kappa shape index (κ3) is 4.22. The zero-order chi connectivity index (χ0) is 20.4. The Kier molecular flexibility index (Phi) is 5.44. The van der Waals surface area contributed by atoms with Crippen molar-refractivity contribution in [2.45, 2.75) is 32.8 Å². The summed E-state index contributed by atoms with van der Waals surface area (Å²) in [6.07, 6.45) is 2.95. The minimum Gasteiger partial charge on any atom is -0.456 e. The molecular weight excluding hydrogens is 390 g/mol. The Morgan fingerprint density at radius 1 is 1.31 bits per heavy atom. The van der Waals surface area contributed by atoms with Gasteiger partial charge in [0.2, 0.25) is 0 Å². The molecule has 3 aromatic rings. The van der Waals surface area contributed by atoms with Crippen LogP contribution < -0.4 is 10.9 Å². The molecule has 2 heterocycles. The number of H-pyrrole nitrogens is 1. The molecule has 1 aromatic carbocycles. The number of nitrogens with zero attached hydrogens (tertiary/aromatic N) is 1. The van der Waals surface area contributed by atoms with E-state index >= 15 is 0 Å². The Labute approximate surface area is 171 Å². The van der Waals surface area contributed by atoms with Crippen LogP contribution in [0.4, 0.5) is 0 Å². The molecule has 0 bridgehead atoms. The summed E-state index contributed by atoms with van der Waals surface area (Å²) in [6.45, 7) is 1.81. The van der Waals surface area contributed by atoms with E-state index in [9.17, 15) is 14.4 Å². The number of thiophene rings is 1. The number of esters is 1. The maximum Gasteiger partial charge on any atom is 0.325 e. The maximum absolute atomic E-state index is 12.5. The second kappa shape index (κ2) is 8.16. The maximum atomic E-state index is 12.5. The SMILES string of the molecule is CC1CCc2c(sc3nc(COC(=O)CNC(=O)c4ccccc4)[nH]c(=O)c23)C1. The van der Waals surface area contributed by atoms with E-state index < -0.39 is 5.97 Å². The summed E-state index contributed by atoms with van der Waals surface area (Å²) in [4.78, 5) is 45.6. The predicted octanol–water partition coefficient (Wildman–Crippen LogP) is 2.58. The third-order valence-electron chi connectivity index (χ3n) is 5.01. The second-order valence-electron chi connectivity index (χ2n) is 7.25. The number of benzene rings is 1. The molecule has 2 aromatic heterocycles. The molecule has 1 aliphatic carbocycles. The number of fused-ring (bicyclic) bond motifs is 3. The lowest BCUT2D eigenvalue weighted by Crippen LogP contribution is -2.30. The van der Waals surface area contributed by atoms with E-state index in [-0.39, 0.29) is 24.6 Å². The molecule has 0 saturated carbocycles. The second-order valence-corrected chi connectivity index (χ2v) is 8.34. The fourth-order valence-corrected chi connectivity index (χ4v) is 4.91. The van der Waals surface area contributed by atoms with E-state index in [2.05, 4.69) is 22.2 Å². The zero-order valence-corrected chi connectivity index (χ0v) is 16.8. The van der Waals surface area contributed by atoms with Gasteiger partial charge in [-0.1, -0.05) is 25.1 Å². The number of hydrogen-bond donors (Lipinski definition) is 2. The zero-order valence-electron chi connectivity index (χ0n) is 16.0. The van der Waals surface area contributed by atoms with Crippen molar-refractivity contribution in [2.24, 2.45) is 5.92 Å². The van der Waals surface area contributed by atoms with Gasteiger partial charge in [-0.3, -0.25) is 14.4 Å². The molecule has 0 saturated heterocycles. The van der Waals surface area contributed by atoms with Crippen molar-refractivity contribution >= 4 is 33.4 Å². The highest BCUT2D eigenvalue weighted by atomic mass is 32.1. The normalized spacial score (nSPS) is 15.7. The summed E-state index contributed by atoms with van der Waals surface area (Å²) in [7, 11) is 0. The first kappa shape index (κ1) is 19.3. The minimum atomic E-state index is -0.601. The quantitative estimate of drug-likeness (QED) is 0.629. The summed E-state index contributed by atoms with van der Waals surface area (Å²) >= 11 is 1.55. The van der Waals surface area contributed by atoms with E-state index in [4.69, 9.17) is 4.74 Å². The van der Waals surface area contributed by atoms with Gasteiger partial charge in [0.25, 0.3) is 11.5 Å². The van der Waals surface area contributed by atoms with E-state index in [1.165, 1.54) is 4.88 Å². The van der Waals surface area contributed by atoms with Gasteiger partial charge in [0.15, 0.2) is 0 Å². The molecule has 0 radical (unpaired) electrons. The fraction of sp³-hybridized carbons (Fsp3) is 0.333. The van der Waals surface area contributed by atoms with Crippen molar-refractivity contribution in [2.75, 3.05) is 6.54 Å². The Bertz CT molecular complexity index is 1120. The summed E-state index contributed by atoms with van der Waals surface area (Å²) < 4.78 is 5.16. The van der Waals surface area contributed by atoms with Gasteiger partial charge in [0.05, 0.1) is 5.39 Å². The highest BCUT2D eigenvalue weighted by Crippen LogP contribution is 2.35. The Morgan fingerprint density at radius 2 is 2.10 bits per heavy atom. The molecule has 2 N–H and O–H groups in total. The Hall–Kier alpha value is -3.00. The topological polar surface area (TPSA) is 101 Å². The first-order valence-electron chi connectivity index (χ1n) is 9.53. The van der Waals surface area contributed by atoms with Crippen LogP contribution in [-0.2, 0) is 29.0 Å². The fourth-order valence-electron chi connectivity index (χ4n) is 3.51. The van der Waals surface area contributed by atoms with Crippen molar-refractivity contribution in [1.82, 2.24) is 15.3 Å². The lowest BCUT2D eigenvalue weighted by Gasteiger charge is -2.17. The van der Waals surface area contributed by atoms with Crippen molar-refractivity contribution in [3.8, 4) is 0 Å². The van der Waals surface area contributed by atoms with Crippen LogP contribution in [-0.4, -0.2) is 28.4 Å². The molecular formula is C21H21N3O4S. The van der Waals surface area contributed by atoms with Crippen molar-refractivity contribution in [3.05, 3.63) is 62.5 Å². The number of hydrogen-bond acceptors (Lipinski definition) is 6. The van der Waals surface area contributed by atoms with Crippen LogP contribution in [0, 0.1) is 5.92 Å². The summed E-state index contributed by atoms with van der Waals surface area (Å²) in [6, 6.07) is 8.61. The van der Waals surface area contributed by atoms with Crippen LogP contribution >= 0.6 is 11.3 Å². The average Bonchev–Trinajstić information content (AvgIpc) is 3.08. The highest BCUT2D eigenvalue weighted by molar-refractivity contribution is 7.18. The molecule has 1 atom stereocenters. The van der Waals surface area contributed by atoms with E-state index in [1.54, 1.807) is 41.7 Å². The van der Waals surface area contributed by atoms with Crippen molar-refractivity contribution < 1.29 is 14.3 Å². The van der Waals surface area contributed by atoms with Crippen LogP contribution in [0.5, 0.6) is 0 Å². The molecule has 1 amide bonds. The van der Waals surface area contributed by atoms with Gasteiger partial charge in [-0.05, 0) is 42.9 Å². The summed E-state index contributed by atoms with van der Waals surface area (Å²) in [5.74, 6) is -0.0386. The van der Waals surface area contributed by atoms with E-state index in [0.29, 0.717) is 27.5 Å². The predicted molar refractivity (Wildman–Crippen MR) is 110 cm³/mol. The first-order valence-corrected chi connectivity index (χ1v) is 10.3. The number of aromatic nitrogens is 2. The van der Waals surface area contributed by atoms with Crippen LogP contribution in [0.15, 0.2) is 35.1 Å². The number of aryl methyl sites for hydroxylation is 1. The first-order chi connectivity index (χ1) is 14.0. The van der Waals surface area contributed by atoms with Gasteiger partial charge in [-0.15, -0.1) is 11.3 Å². The number of carbonyl (C=O) groups is 2. The minimum absolute atomic E-state index is 0.149. The summed E-state index contributed by atoms with van der Waals surface area (Å²) in [5.41, 5.74) is 1.39. The average molecular weight is 411 g/mol. The van der Waals surface area contributed by atoms with Gasteiger partial charge in [-0.25, -0.2) is 4.98 Å². The van der Waals surface area contributed by atoms with Crippen LogP contribution in [0.25, 0.3) is 10.2 Å².